The summed E-state index contributed by atoms with van der Waals surface area (Å²) in [6.45, 7) is 4.30. The number of aliphatic hydroxyl groups is 1. The highest BCUT2D eigenvalue weighted by Gasteiger charge is 2.22. The predicted molar refractivity (Wildman–Crippen MR) is 78.1 cm³/mol. The molecule has 0 aliphatic carbocycles. The van der Waals surface area contributed by atoms with Crippen molar-refractivity contribution in [2.45, 2.75) is 20.0 Å². The lowest BCUT2D eigenvalue weighted by Crippen LogP contribution is -2.37. The van der Waals surface area contributed by atoms with Crippen LogP contribution in [-0.4, -0.2) is 24.4 Å². The van der Waals surface area contributed by atoms with Gasteiger partial charge in [0.05, 0.1) is 24.0 Å². The zero-order valence-electron chi connectivity index (χ0n) is 11.5. The highest BCUT2D eigenvalue weighted by atomic mass is 16.5. The van der Waals surface area contributed by atoms with Crippen LogP contribution in [0.15, 0.2) is 33.9 Å². The molecule has 5 heteroatoms. The van der Waals surface area contributed by atoms with Crippen molar-refractivity contribution in [3.8, 4) is 16.9 Å². The van der Waals surface area contributed by atoms with Gasteiger partial charge in [-0.2, -0.15) is 0 Å². The SMILES string of the molecule is CCOc1ccc(-c2c(NCC(C)O)c(=O)c2=O)cc1. The monoisotopic (exact) mass is 275 g/mol. The number of rotatable bonds is 6. The van der Waals surface area contributed by atoms with Crippen LogP contribution in [0.25, 0.3) is 11.1 Å². The van der Waals surface area contributed by atoms with Gasteiger partial charge in [-0.05, 0) is 31.5 Å². The van der Waals surface area contributed by atoms with Gasteiger partial charge in [0.2, 0.25) is 10.9 Å². The molecule has 2 N–H and O–H groups in total. The van der Waals surface area contributed by atoms with E-state index >= 15 is 0 Å². The van der Waals surface area contributed by atoms with Crippen LogP contribution in [0.1, 0.15) is 13.8 Å². The fourth-order valence-corrected chi connectivity index (χ4v) is 1.97. The van der Waals surface area contributed by atoms with E-state index in [2.05, 4.69) is 5.32 Å². The van der Waals surface area contributed by atoms with E-state index in [4.69, 9.17) is 4.74 Å². The Labute approximate surface area is 116 Å². The van der Waals surface area contributed by atoms with Gasteiger partial charge in [-0.3, -0.25) is 9.59 Å². The molecule has 0 radical (unpaired) electrons. The van der Waals surface area contributed by atoms with Crippen LogP contribution in [0.3, 0.4) is 0 Å². The first kappa shape index (κ1) is 14.3. The molecular formula is C15H17NO4. The molecule has 0 spiro atoms. The number of ether oxygens (including phenoxy) is 1. The molecule has 0 bridgehead atoms. The zero-order chi connectivity index (χ0) is 14.7. The van der Waals surface area contributed by atoms with Crippen LogP contribution < -0.4 is 20.9 Å². The quantitative estimate of drug-likeness (QED) is 0.773. The number of benzene rings is 1. The molecule has 5 nitrogen and oxygen atoms in total. The molecule has 0 aliphatic heterocycles. The number of hydrogen-bond acceptors (Lipinski definition) is 5. The molecule has 0 saturated carbocycles. The van der Waals surface area contributed by atoms with Crippen LogP contribution in [0.4, 0.5) is 5.69 Å². The average Bonchev–Trinajstić information content (AvgIpc) is 2.44. The summed E-state index contributed by atoms with van der Waals surface area (Å²) in [6.07, 6.45) is -0.590. The fourth-order valence-electron chi connectivity index (χ4n) is 1.97. The highest BCUT2D eigenvalue weighted by molar-refractivity contribution is 5.82. The summed E-state index contributed by atoms with van der Waals surface area (Å²) < 4.78 is 5.33. The molecule has 2 aromatic rings. The topological polar surface area (TPSA) is 75.6 Å². The van der Waals surface area contributed by atoms with E-state index in [1.54, 1.807) is 31.2 Å². The summed E-state index contributed by atoms with van der Waals surface area (Å²) in [5.74, 6) is 0.716. The van der Waals surface area contributed by atoms with Crippen LogP contribution in [0.5, 0.6) is 5.75 Å². The minimum absolute atomic E-state index is 0.231. The van der Waals surface area contributed by atoms with Gasteiger partial charge in [0.25, 0.3) is 0 Å². The number of hydrogen-bond donors (Lipinski definition) is 2. The van der Waals surface area contributed by atoms with Gasteiger partial charge in [0.15, 0.2) is 0 Å². The normalized spacial score (nSPS) is 12.3. The van der Waals surface area contributed by atoms with E-state index in [1.807, 2.05) is 6.92 Å². The molecule has 20 heavy (non-hydrogen) atoms. The van der Waals surface area contributed by atoms with E-state index in [0.717, 1.165) is 0 Å². The fraction of sp³-hybridized carbons (Fsp3) is 0.333. The van der Waals surface area contributed by atoms with Gasteiger partial charge < -0.3 is 15.2 Å². The summed E-state index contributed by atoms with van der Waals surface area (Å²) in [7, 11) is 0. The van der Waals surface area contributed by atoms with Crippen LogP contribution in [-0.2, 0) is 0 Å². The molecule has 1 unspecified atom stereocenters. The smallest absolute Gasteiger partial charge is 0.250 e. The van der Waals surface area contributed by atoms with Gasteiger partial charge in [0.1, 0.15) is 5.75 Å². The van der Waals surface area contributed by atoms with Crippen LogP contribution in [0, 0.1) is 0 Å². The van der Waals surface area contributed by atoms with Crippen molar-refractivity contribution in [2.24, 2.45) is 0 Å². The first-order chi connectivity index (χ1) is 9.54. The molecule has 2 aromatic carbocycles. The standard InChI is InChI=1S/C15H17NO4/c1-3-20-11-6-4-10(5-7-11)12-13(15(19)14(12)18)16-8-9(2)17/h4-7,9,16-17H,3,8H2,1-2H3. The molecule has 0 saturated heterocycles. The third-order valence-corrected chi connectivity index (χ3v) is 2.94. The van der Waals surface area contributed by atoms with Gasteiger partial charge in [-0.15, -0.1) is 0 Å². The summed E-state index contributed by atoms with van der Waals surface area (Å²) in [6, 6.07) is 7.01. The second-order valence-electron chi connectivity index (χ2n) is 4.60. The molecule has 0 fully saturated rings. The van der Waals surface area contributed by atoms with Crippen molar-refractivity contribution in [1.29, 1.82) is 0 Å². The van der Waals surface area contributed by atoms with Crippen molar-refractivity contribution >= 4 is 5.69 Å². The Balaban J connectivity index is 2.26. The lowest BCUT2D eigenvalue weighted by molar-refractivity contribution is 0.208. The van der Waals surface area contributed by atoms with E-state index in [0.29, 0.717) is 23.5 Å². The Kier molecular flexibility index (Phi) is 4.20. The summed E-state index contributed by atoms with van der Waals surface area (Å²) in [4.78, 5) is 23.2. The molecular weight excluding hydrogens is 258 g/mol. The van der Waals surface area contributed by atoms with Crippen LogP contribution >= 0.6 is 0 Å². The van der Waals surface area contributed by atoms with E-state index in [9.17, 15) is 14.7 Å². The first-order valence-corrected chi connectivity index (χ1v) is 6.53. The third-order valence-electron chi connectivity index (χ3n) is 2.94. The first-order valence-electron chi connectivity index (χ1n) is 6.53. The molecule has 0 aromatic heterocycles. The number of aliphatic hydroxyl groups excluding tert-OH is 1. The van der Waals surface area contributed by atoms with Crippen molar-refractivity contribution < 1.29 is 9.84 Å². The van der Waals surface area contributed by atoms with Crippen LogP contribution in [0.2, 0.25) is 0 Å². The molecule has 1 atom stereocenters. The van der Waals surface area contributed by atoms with E-state index < -0.39 is 17.0 Å². The zero-order valence-corrected chi connectivity index (χ0v) is 11.5. The minimum atomic E-state index is -0.590. The molecule has 2 rings (SSSR count). The van der Waals surface area contributed by atoms with E-state index in [1.165, 1.54) is 0 Å². The Morgan fingerprint density at radius 3 is 2.40 bits per heavy atom. The largest absolute Gasteiger partial charge is 0.494 e. The lowest BCUT2D eigenvalue weighted by Gasteiger charge is -2.14. The van der Waals surface area contributed by atoms with Crippen molar-refractivity contribution in [3.05, 3.63) is 44.7 Å². The molecule has 0 heterocycles. The maximum absolute atomic E-state index is 11.7. The average molecular weight is 275 g/mol. The maximum atomic E-state index is 11.7. The van der Waals surface area contributed by atoms with Crippen molar-refractivity contribution in [2.75, 3.05) is 18.5 Å². The van der Waals surface area contributed by atoms with Gasteiger partial charge in [-0.1, -0.05) is 12.1 Å². The Morgan fingerprint density at radius 2 is 1.85 bits per heavy atom. The number of nitrogens with one attached hydrogen (secondary N) is 1. The second kappa shape index (κ2) is 5.88. The second-order valence-corrected chi connectivity index (χ2v) is 4.60. The molecule has 0 amide bonds. The van der Waals surface area contributed by atoms with Gasteiger partial charge in [0, 0.05) is 6.54 Å². The Morgan fingerprint density at radius 1 is 1.20 bits per heavy atom. The molecule has 106 valence electrons. The van der Waals surface area contributed by atoms with Crippen molar-refractivity contribution in [3.63, 3.8) is 0 Å². The predicted octanol–water partition coefficient (Wildman–Crippen LogP) is 1.14. The molecule has 0 aliphatic rings. The summed E-state index contributed by atoms with van der Waals surface area (Å²) in [5, 5.41) is 12.0. The van der Waals surface area contributed by atoms with Gasteiger partial charge in [-0.25, -0.2) is 0 Å². The minimum Gasteiger partial charge on any atom is -0.494 e. The number of anilines is 1. The summed E-state index contributed by atoms with van der Waals surface area (Å²) in [5.41, 5.74) is 0.293. The Bertz CT molecular complexity index is 651. The van der Waals surface area contributed by atoms with E-state index in [-0.39, 0.29) is 12.2 Å². The lowest BCUT2D eigenvalue weighted by atomic mass is 9.98. The maximum Gasteiger partial charge on any atom is 0.250 e. The summed E-state index contributed by atoms with van der Waals surface area (Å²) >= 11 is 0. The van der Waals surface area contributed by atoms with Gasteiger partial charge >= 0.3 is 0 Å². The Hall–Kier alpha value is -2.14. The van der Waals surface area contributed by atoms with Crippen molar-refractivity contribution in [1.82, 2.24) is 0 Å². The third kappa shape index (κ3) is 2.72. The highest BCUT2D eigenvalue weighted by Crippen LogP contribution is 2.25.